The van der Waals surface area contributed by atoms with E-state index in [1.165, 1.54) is 17.6 Å². The van der Waals surface area contributed by atoms with Gasteiger partial charge in [0.2, 0.25) is 0 Å². The number of aromatic nitrogens is 5. The first-order valence-electron chi connectivity index (χ1n) is 10.0. The van der Waals surface area contributed by atoms with E-state index in [0.717, 1.165) is 34.5 Å². The van der Waals surface area contributed by atoms with Gasteiger partial charge in [-0.2, -0.15) is 0 Å². The number of benzene rings is 1. The summed E-state index contributed by atoms with van der Waals surface area (Å²) in [6.45, 7) is 4.38. The van der Waals surface area contributed by atoms with Crippen LogP contribution in [0.25, 0.3) is 27.8 Å². The molecule has 4 aromatic heterocycles. The van der Waals surface area contributed by atoms with Crippen molar-refractivity contribution in [2.75, 3.05) is 0 Å². The average Bonchev–Trinajstić information content (AvgIpc) is 3.36. The van der Waals surface area contributed by atoms with Crippen LogP contribution in [0.3, 0.4) is 0 Å². The number of aromatic carboxylic acids is 1. The summed E-state index contributed by atoms with van der Waals surface area (Å²) >= 11 is 0. The molecule has 1 radical (unpaired) electrons. The van der Waals surface area contributed by atoms with E-state index in [1.54, 1.807) is 12.1 Å². The molecule has 0 amide bonds. The molecule has 0 aliphatic rings. The zero-order chi connectivity index (χ0) is 21.8. The third-order valence-electron chi connectivity index (χ3n) is 4.74. The van der Waals surface area contributed by atoms with Crippen LogP contribution in [0.5, 0.6) is 0 Å². The van der Waals surface area contributed by atoms with Gasteiger partial charge < -0.3 is 14.8 Å². The van der Waals surface area contributed by atoms with Crippen LogP contribution in [0, 0.1) is 5.92 Å². The molecule has 0 aliphatic heterocycles. The Morgan fingerprint density at radius 1 is 1.00 bits per heavy atom. The van der Waals surface area contributed by atoms with Crippen LogP contribution >= 0.6 is 0 Å². The molecule has 5 aromatic rings. The van der Waals surface area contributed by atoms with E-state index in [-0.39, 0.29) is 25.8 Å². The van der Waals surface area contributed by atoms with Gasteiger partial charge in [-0.1, -0.05) is 50.2 Å². The van der Waals surface area contributed by atoms with Gasteiger partial charge in [0.1, 0.15) is 5.69 Å². The molecule has 32 heavy (non-hydrogen) atoms. The molecular weight excluding hydrogens is 583 g/mol. The van der Waals surface area contributed by atoms with Crippen LogP contribution < -0.4 is 5.10 Å². The fraction of sp³-hybridized carbons (Fsp3) is 0.167. The van der Waals surface area contributed by atoms with Crippen LogP contribution in [0.1, 0.15) is 30.0 Å². The Morgan fingerprint density at radius 2 is 1.72 bits per heavy atom. The van der Waals surface area contributed by atoms with Crippen LogP contribution in [-0.2, 0) is 26.5 Å². The number of nitrogens with zero attached hydrogens (tertiary/aromatic N) is 5. The maximum absolute atomic E-state index is 10.1. The van der Waals surface area contributed by atoms with Crippen molar-refractivity contribution in [3.63, 3.8) is 0 Å². The van der Waals surface area contributed by atoms with Crippen molar-refractivity contribution in [1.29, 1.82) is 0 Å². The van der Waals surface area contributed by atoms with Crippen molar-refractivity contribution in [1.82, 2.24) is 24.7 Å². The Morgan fingerprint density at radius 3 is 2.41 bits per heavy atom. The Balaban J connectivity index is 0.000000246. The monoisotopic (exact) mass is 605 g/mol. The van der Waals surface area contributed by atoms with Gasteiger partial charge in [0.15, 0.2) is 0 Å². The number of hydrogen-bond acceptors (Lipinski definition) is 4. The largest absolute Gasteiger partial charge is 0.477 e. The predicted octanol–water partition coefficient (Wildman–Crippen LogP) is 4.51. The number of carboxylic acids is 1. The molecule has 0 aliphatic carbocycles. The summed E-state index contributed by atoms with van der Waals surface area (Å²) in [4.78, 5) is 18.3. The van der Waals surface area contributed by atoms with Crippen molar-refractivity contribution in [2.45, 2.75) is 20.3 Å². The molecule has 0 bridgehead atoms. The quantitative estimate of drug-likeness (QED) is 0.325. The van der Waals surface area contributed by atoms with Gasteiger partial charge in [-0.05, 0) is 53.3 Å². The Kier molecular flexibility index (Phi) is 7.51. The molecule has 0 saturated heterocycles. The molecule has 0 fully saturated rings. The fourth-order valence-electron chi connectivity index (χ4n) is 3.47. The maximum atomic E-state index is 10.1. The third-order valence-corrected chi connectivity index (χ3v) is 4.74. The van der Waals surface area contributed by atoms with E-state index in [0.29, 0.717) is 5.92 Å². The first kappa shape index (κ1) is 23.3. The SMILES string of the molecule is CC(C)Cc1cc(-n2c3ccccc3c3cccnc32)[n-]n1.O=C(O)c1ccccn1.[Ir]. The smallest absolute Gasteiger partial charge is 0.354 e. The second-order valence-electron chi connectivity index (χ2n) is 7.54. The summed E-state index contributed by atoms with van der Waals surface area (Å²) in [5.41, 5.74) is 3.16. The third kappa shape index (κ3) is 4.93. The molecule has 5 rings (SSSR count). The van der Waals surface area contributed by atoms with Crippen LogP contribution in [-0.4, -0.2) is 30.7 Å². The van der Waals surface area contributed by atoms with Crippen molar-refractivity contribution in [2.24, 2.45) is 5.92 Å². The predicted molar refractivity (Wildman–Crippen MR) is 119 cm³/mol. The Hall–Kier alpha value is -3.35. The Bertz CT molecular complexity index is 1280. The second kappa shape index (κ2) is 10.3. The number of hydrogen-bond donors (Lipinski definition) is 1. The molecule has 165 valence electrons. The second-order valence-corrected chi connectivity index (χ2v) is 7.54. The molecule has 0 atom stereocenters. The summed E-state index contributed by atoms with van der Waals surface area (Å²) in [6, 6.07) is 19.2. The molecule has 7 nitrogen and oxygen atoms in total. The molecule has 1 aromatic carbocycles. The van der Waals surface area contributed by atoms with E-state index in [2.05, 4.69) is 68.9 Å². The minimum Gasteiger partial charge on any atom is -0.477 e. The summed E-state index contributed by atoms with van der Waals surface area (Å²) in [5, 5.41) is 19.4. The number of fused-ring (bicyclic) bond motifs is 3. The van der Waals surface area contributed by atoms with Gasteiger partial charge in [-0.3, -0.25) is 10.1 Å². The molecule has 0 saturated carbocycles. The van der Waals surface area contributed by atoms with Crippen molar-refractivity contribution in [3.05, 3.63) is 84.4 Å². The maximum Gasteiger partial charge on any atom is 0.354 e. The summed E-state index contributed by atoms with van der Waals surface area (Å²) in [7, 11) is 0. The van der Waals surface area contributed by atoms with Crippen LogP contribution in [0.2, 0.25) is 0 Å². The molecular formula is C24H22IrN5O2-. The van der Waals surface area contributed by atoms with E-state index in [1.807, 2.05) is 18.3 Å². The molecule has 1 N–H and O–H groups in total. The van der Waals surface area contributed by atoms with Gasteiger partial charge in [0, 0.05) is 43.6 Å². The van der Waals surface area contributed by atoms with Gasteiger partial charge in [-0.15, -0.1) is 0 Å². The van der Waals surface area contributed by atoms with E-state index < -0.39 is 5.97 Å². The minimum atomic E-state index is -0.990. The van der Waals surface area contributed by atoms with Crippen LogP contribution in [0.15, 0.2) is 73.1 Å². The normalized spacial score (nSPS) is 10.6. The van der Waals surface area contributed by atoms with Gasteiger partial charge in [0.25, 0.3) is 0 Å². The summed E-state index contributed by atoms with van der Waals surface area (Å²) in [5.74, 6) is 0.428. The molecule has 0 unspecified atom stereocenters. The molecule has 8 heteroatoms. The van der Waals surface area contributed by atoms with Gasteiger partial charge in [0.05, 0.1) is 5.65 Å². The van der Waals surface area contributed by atoms with E-state index in [9.17, 15) is 4.79 Å². The molecule has 0 spiro atoms. The average molecular weight is 605 g/mol. The number of rotatable bonds is 4. The summed E-state index contributed by atoms with van der Waals surface area (Å²) in [6.07, 6.45) is 4.21. The van der Waals surface area contributed by atoms with Crippen molar-refractivity contribution < 1.29 is 30.0 Å². The van der Waals surface area contributed by atoms with Gasteiger partial charge in [-0.25, -0.2) is 9.78 Å². The standard InChI is InChI=1S/C18H17N4.C6H5NO2.Ir/c1-12(2)10-13-11-17(21-20-13)22-16-8-4-3-6-14(16)15-7-5-9-19-18(15)22;8-6(9)5-3-1-2-4-7-5;/h3-9,11-12H,10H2,1-2H3;1-4H,(H,8,9);/q-1;;. The summed E-state index contributed by atoms with van der Waals surface area (Å²) < 4.78 is 2.10. The van der Waals surface area contributed by atoms with E-state index in [4.69, 9.17) is 5.11 Å². The zero-order valence-corrected chi connectivity index (χ0v) is 20.0. The van der Waals surface area contributed by atoms with Gasteiger partial charge >= 0.3 is 5.97 Å². The topological polar surface area (TPSA) is 95.0 Å². The van der Waals surface area contributed by atoms with Crippen molar-refractivity contribution >= 4 is 27.9 Å². The first-order chi connectivity index (χ1) is 15.0. The Labute approximate surface area is 198 Å². The minimum absolute atomic E-state index is 0. The number of carbonyl (C=O) groups is 1. The van der Waals surface area contributed by atoms with Crippen molar-refractivity contribution in [3.8, 4) is 5.82 Å². The number of pyridine rings is 2. The zero-order valence-electron chi connectivity index (χ0n) is 17.6. The fourth-order valence-corrected chi connectivity index (χ4v) is 3.47. The van der Waals surface area contributed by atoms with Crippen LogP contribution in [0.4, 0.5) is 0 Å². The number of para-hydroxylation sites is 1. The molecule has 4 heterocycles. The number of carboxylic acid groups (broad SMARTS) is 1. The first-order valence-corrected chi connectivity index (χ1v) is 10.0. The van der Waals surface area contributed by atoms with E-state index >= 15 is 0 Å².